The molecule has 2 N–H and O–H groups in total. The summed E-state index contributed by atoms with van der Waals surface area (Å²) in [5.41, 5.74) is 15.6. The summed E-state index contributed by atoms with van der Waals surface area (Å²) in [5.74, 6) is 0.716. The van der Waals surface area contributed by atoms with Crippen molar-refractivity contribution >= 4 is 5.57 Å². The van der Waals surface area contributed by atoms with Crippen molar-refractivity contribution in [2.24, 2.45) is 5.73 Å². The second-order valence-corrected chi connectivity index (χ2v) is 8.48. The zero-order valence-corrected chi connectivity index (χ0v) is 18.9. The molecule has 2 heterocycles. The van der Waals surface area contributed by atoms with E-state index in [9.17, 15) is 0 Å². The fourth-order valence-electron chi connectivity index (χ4n) is 4.52. The van der Waals surface area contributed by atoms with E-state index in [-0.39, 0.29) is 0 Å². The molecule has 0 spiro atoms. The van der Waals surface area contributed by atoms with Crippen LogP contribution in [0, 0.1) is 25.2 Å². The summed E-state index contributed by atoms with van der Waals surface area (Å²) in [7, 11) is 0. The van der Waals surface area contributed by atoms with E-state index >= 15 is 0 Å². The standard InChI is InChI=1S/C26H30N6/c1-18-4-7-25-19(2)22(6-8-24(18)25)10-12-31(13-11-27)17-23-16-30-32(20(23)3)26-9-5-21(14-28)15-29-26/h5-6,8-9,15-16H,1,4,7,10-13,17,27H2,2-3H3. The number of pyridine rings is 1. The van der Waals surface area contributed by atoms with Crippen LogP contribution in [0.1, 0.15) is 45.5 Å². The molecular formula is C26H30N6. The average molecular weight is 427 g/mol. The highest BCUT2D eigenvalue weighted by molar-refractivity contribution is 5.72. The normalized spacial score (nSPS) is 12.9. The Balaban J connectivity index is 1.47. The molecule has 0 unspecified atom stereocenters. The lowest BCUT2D eigenvalue weighted by Crippen LogP contribution is -2.31. The van der Waals surface area contributed by atoms with Crippen molar-refractivity contribution in [1.29, 1.82) is 5.26 Å². The van der Waals surface area contributed by atoms with Gasteiger partial charge in [0.2, 0.25) is 0 Å². The third-order valence-corrected chi connectivity index (χ3v) is 6.51. The Morgan fingerprint density at radius 3 is 2.69 bits per heavy atom. The lowest BCUT2D eigenvalue weighted by Gasteiger charge is -2.22. The van der Waals surface area contributed by atoms with Gasteiger partial charge < -0.3 is 5.73 Å². The Hall–Kier alpha value is -3.27. The number of benzene rings is 1. The largest absolute Gasteiger partial charge is 0.329 e. The minimum Gasteiger partial charge on any atom is -0.329 e. The van der Waals surface area contributed by atoms with Crippen molar-refractivity contribution in [1.82, 2.24) is 19.7 Å². The molecule has 0 aliphatic heterocycles. The van der Waals surface area contributed by atoms with Crippen LogP contribution in [-0.2, 0) is 19.4 Å². The van der Waals surface area contributed by atoms with E-state index in [4.69, 9.17) is 11.0 Å². The highest BCUT2D eigenvalue weighted by atomic mass is 15.3. The van der Waals surface area contributed by atoms with Crippen molar-refractivity contribution < 1.29 is 0 Å². The third-order valence-electron chi connectivity index (χ3n) is 6.51. The first-order valence-corrected chi connectivity index (χ1v) is 11.1. The van der Waals surface area contributed by atoms with Crippen LogP contribution < -0.4 is 5.73 Å². The van der Waals surface area contributed by atoms with E-state index in [1.54, 1.807) is 12.3 Å². The molecule has 4 rings (SSSR count). The molecule has 0 radical (unpaired) electrons. The molecule has 0 amide bonds. The van der Waals surface area contributed by atoms with Crippen LogP contribution >= 0.6 is 0 Å². The van der Waals surface area contributed by atoms with Gasteiger partial charge in [-0.05, 0) is 73.1 Å². The van der Waals surface area contributed by atoms with Crippen molar-refractivity contribution in [2.75, 3.05) is 19.6 Å². The van der Waals surface area contributed by atoms with Crippen molar-refractivity contribution in [3.8, 4) is 11.9 Å². The van der Waals surface area contributed by atoms with Crippen LogP contribution in [0.5, 0.6) is 0 Å². The first-order valence-electron chi connectivity index (χ1n) is 11.1. The number of hydrogen-bond donors (Lipinski definition) is 1. The van der Waals surface area contributed by atoms with E-state index in [2.05, 4.69) is 53.6 Å². The minimum absolute atomic E-state index is 0.541. The number of allylic oxidation sites excluding steroid dienone is 1. The average Bonchev–Trinajstić information content (AvgIpc) is 3.36. The summed E-state index contributed by atoms with van der Waals surface area (Å²) in [4.78, 5) is 6.76. The summed E-state index contributed by atoms with van der Waals surface area (Å²) >= 11 is 0. The van der Waals surface area contributed by atoms with Gasteiger partial charge in [-0.25, -0.2) is 9.67 Å². The first kappa shape index (κ1) is 21.9. The molecule has 32 heavy (non-hydrogen) atoms. The fraction of sp³-hybridized carbons (Fsp3) is 0.346. The summed E-state index contributed by atoms with van der Waals surface area (Å²) in [6.45, 7) is 11.7. The molecule has 0 saturated heterocycles. The van der Waals surface area contributed by atoms with Gasteiger partial charge >= 0.3 is 0 Å². The number of nitrogens with two attached hydrogens (primary N) is 1. The van der Waals surface area contributed by atoms with Crippen molar-refractivity contribution in [3.63, 3.8) is 0 Å². The Kier molecular flexibility index (Phi) is 6.50. The highest BCUT2D eigenvalue weighted by Gasteiger charge is 2.19. The SMILES string of the molecule is C=C1CCc2c1ccc(CCN(CCN)Cc1cnn(-c3ccc(C#N)cn3)c1C)c2C. The van der Waals surface area contributed by atoms with E-state index in [0.29, 0.717) is 17.9 Å². The summed E-state index contributed by atoms with van der Waals surface area (Å²) in [5, 5.41) is 13.5. The Morgan fingerprint density at radius 2 is 1.97 bits per heavy atom. The van der Waals surface area contributed by atoms with Crippen molar-refractivity contribution in [2.45, 2.75) is 39.7 Å². The highest BCUT2D eigenvalue weighted by Crippen LogP contribution is 2.34. The topological polar surface area (TPSA) is 83.8 Å². The van der Waals surface area contributed by atoms with Crippen LogP contribution in [0.2, 0.25) is 0 Å². The lowest BCUT2D eigenvalue weighted by molar-refractivity contribution is 0.275. The predicted molar refractivity (Wildman–Crippen MR) is 127 cm³/mol. The van der Waals surface area contributed by atoms with Gasteiger partial charge in [-0.3, -0.25) is 4.90 Å². The maximum absolute atomic E-state index is 8.98. The van der Waals surface area contributed by atoms with Gasteiger partial charge in [-0.1, -0.05) is 18.7 Å². The van der Waals surface area contributed by atoms with E-state index < -0.39 is 0 Å². The molecule has 164 valence electrons. The molecule has 3 aromatic rings. The maximum atomic E-state index is 8.98. The molecule has 6 nitrogen and oxygen atoms in total. The van der Waals surface area contributed by atoms with Gasteiger partial charge in [0.05, 0.1) is 11.8 Å². The van der Waals surface area contributed by atoms with Crippen LogP contribution in [0.4, 0.5) is 0 Å². The van der Waals surface area contributed by atoms with Gasteiger partial charge in [-0.15, -0.1) is 0 Å². The van der Waals surface area contributed by atoms with Crippen LogP contribution in [0.3, 0.4) is 0 Å². The molecule has 0 atom stereocenters. The maximum Gasteiger partial charge on any atom is 0.153 e. The molecular weight excluding hydrogens is 396 g/mol. The Labute approximate surface area is 190 Å². The number of rotatable bonds is 8. The van der Waals surface area contributed by atoms with Gasteiger partial charge in [0.15, 0.2) is 5.82 Å². The van der Waals surface area contributed by atoms with Crippen LogP contribution in [-0.4, -0.2) is 39.3 Å². The van der Waals surface area contributed by atoms with Gasteiger partial charge in [0, 0.05) is 43.6 Å². The van der Waals surface area contributed by atoms with Crippen molar-refractivity contribution in [3.05, 3.63) is 82.3 Å². The number of nitrogens with zero attached hydrogens (tertiary/aromatic N) is 5. The van der Waals surface area contributed by atoms with Crippen LogP contribution in [0.25, 0.3) is 11.4 Å². The van der Waals surface area contributed by atoms with Gasteiger partial charge in [0.25, 0.3) is 0 Å². The molecule has 1 aliphatic carbocycles. The lowest BCUT2D eigenvalue weighted by atomic mass is 9.96. The van der Waals surface area contributed by atoms with E-state index in [0.717, 1.165) is 50.2 Å². The fourth-order valence-corrected chi connectivity index (χ4v) is 4.52. The quantitative estimate of drug-likeness (QED) is 0.593. The molecule has 0 bridgehead atoms. The molecule has 0 fully saturated rings. The molecule has 6 heteroatoms. The van der Waals surface area contributed by atoms with Gasteiger partial charge in [-0.2, -0.15) is 10.4 Å². The number of nitriles is 1. The third kappa shape index (κ3) is 4.36. The number of hydrogen-bond acceptors (Lipinski definition) is 5. The molecule has 1 aliphatic rings. The second kappa shape index (κ2) is 9.47. The number of fused-ring (bicyclic) bond motifs is 1. The second-order valence-electron chi connectivity index (χ2n) is 8.48. The minimum atomic E-state index is 0.541. The monoisotopic (exact) mass is 426 g/mol. The molecule has 2 aromatic heterocycles. The summed E-state index contributed by atoms with van der Waals surface area (Å²) < 4.78 is 1.83. The first-order chi connectivity index (χ1) is 15.5. The Bertz CT molecular complexity index is 1170. The predicted octanol–water partition coefficient (Wildman–Crippen LogP) is 3.72. The van der Waals surface area contributed by atoms with Gasteiger partial charge in [0.1, 0.15) is 6.07 Å². The smallest absolute Gasteiger partial charge is 0.153 e. The molecule has 1 aromatic carbocycles. The van der Waals surface area contributed by atoms with Crippen LogP contribution in [0.15, 0.2) is 43.2 Å². The molecule has 0 saturated carbocycles. The Morgan fingerprint density at radius 1 is 1.12 bits per heavy atom. The summed E-state index contributed by atoms with van der Waals surface area (Å²) in [6.07, 6.45) is 6.67. The van der Waals surface area contributed by atoms with E-state index in [1.807, 2.05) is 16.9 Å². The van der Waals surface area contributed by atoms with E-state index in [1.165, 1.54) is 27.8 Å². The zero-order valence-electron chi connectivity index (χ0n) is 18.9. The summed E-state index contributed by atoms with van der Waals surface area (Å²) in [6, 6.07) is 10.2. The number of aromatic nitrogens is 3. The zero-order chi connectivity index (χ0) is 22.7.